The molecule has 8 heteroatoms. The number of aryl methyl sites for hydroxylation is 1. The maximum absolute atomic E-state index is 11.0. The molecule has 1 N–H and O–H groups in total. The molecule has 1 atom stereocenters. The van der Waals surface area contributed by atoms with Gasteiger partial charge in [-0.2, -0.15) is 0 Å². The van der Waals surface area contributed by atoms with Crippen LogP contribution < -0.4 is 5.32 Å². The minimum atomic E-state index is -0.124. The molecule has 1 aliphatic rings. The van der Waals surface area contributed by atoms with Crippen LogP contribution in [0.1, 0.15) is 31.3 Å². The van der Waals surface area contributed by atoms with Gasteiger partial charge in [-0.3, -0.25) is 9.69 Å². The van der Waals surface area contributed by atoms with Gasteiger partial charge in [-0.25, -0.2) is 15.0 Å². The number of rotatable bonds is 5. The lowest BCUT2D eigenvalue weighted by atomic mass is 9.93. The number of aromatic nitrogens is 2. The summed E-state index contributed by atoms with van der Waals surface area (Å²) in [7, 11) is 0. The number of thiol groups is 1. The number of halogens is 1. The van der Waals surface area contributed by atoms with Crippen molar-refractivity contribution in [1.82, 2.24) is 20.2 Å². The average Bonchev–Trinajstić information content (AvgIpc) is 2.53. The van der Waals surface area contributed by atoms with Crippen LogP contribution in [0.15, 0.2) is 28.4 Å². The molecule has 0 unspecified atom stereocenters. The van der Waals surface area contributed by atoms with Crippen LogP contribution in [0.2, 0.25) is 0 Å². The molecule has 2 heterocycles. The third-order valence-corrected chi connectivity index (χ3v) is 4.73. The number of carbonyl (C=O) groups excluding carboxylic acids is 1. The molecule has 1 saturated heterocycles. The number of amidine groups is 1. The highest BCUT2D eigenvalue weighted by molar-refractivity contribution is 14.1. The maximum Gasteiger partial charge on any atom is 0.222 e. The lowest BCUT2D eigenvalue weighted by Gasteiger charge is -2.32. The zero-order valence-corrected chi connectivity index (χ0v) is 17.6. The Kier molecular flexibility index (Phi) is 8.31. The van der Waals surface area contributed by atoms with E-state index >= 15 is 0 Å². The Balaban J connectivity index is 1.87. The average molecular weight is 473 g/mol. The first kappa shape index (κ1) is 20.3. The summed E-state index contributed by atoms with van der Waals surface area (Å²) >= 11 is 6.52. The summed E-state index contributed by atoms with van der Waals surface area (Å²) in [4.78, 5) is 27.2. The van der Waals surface area contributed by atoms with Crippen molar-refractivity contribution in [3.05, 3.63) is 34.9 Å². The molecule has 1 fully saturated rings. The number of amides is 1. The summed E-state index contributed by atoms with van der Waals surface area (Å²) in [6.07, 6.45) is 6.94. The molecule has 1 aliphatic heterocycles. The summed E-state index contributed by atoms with van der Waals surface area (Å²) in [6, 6.07) is 2.01. The van der Waals surface area contributed by atoms with Crippen LogP contribution in [0.4, 0.5) is 0 Å². The number of nitrogens with one attached hydrogen (secondary N) is 1. The highest BCUT2D eigenvalue weighted by Crippen LogP contribution is 2.21. The van der Waals surface area contributed by atoms with Crippen molar-refractivity contribution in [3.63, 3.8) is 0 Å². The zero-order valence-electron chi connectivity index (χ0n) is 14.6. The molecule has 0 aliphatic carbocycles. The normalized spacial score (nSPS) is 19.8. The second-order valence-electron chi connectivity index (χ2n) is 6.26. The molecular weight excluding hydrogens is 449 g/mol. The van der Waals surface area contributed by atoms with E-state index in [1.807, 2.05) is 41.8 Å². The van der Waals surface area contributed by atoms with Crippen LogP contribution >= 0.6 is 35.2 Å². The SMILES string of the molecule is CC(=O)NC(I)=N/C=C(\S)CN1CCC[C@H](Cc2ccnc(C)n2)C1. The van der Waals surface area contributed by atoms with Crippen molar-refractivity contribution in [2.24, 2.45) is 10.9 Å². The van der Waals surface area contributed by atoms with Crippen molar-refractivity contribution in [2.45, 2.75) is 33.1 Å². The number of hydrogen-bond donors (Lipinski definition) is 2. The van der Waals surface area contributed by atoms with Crippen LogP contribution in [0, 0.1) is 12.8 Å². The van der Waals surface area contributed by atoms with Gasteiger partial charge < -0.3 is 5.32 Å². The smallest absolute Gasteiger partial charge is 0.222 e. The van der Waals surface area contributed by atoms with E-state index in [4.69, 9.17) is 0 Å². The molecule has 1 aromatic rings. The summed E-state index contributed by atoms with van der Waals surface area (Å²) in [5, 5.41) is 2.63. The number of hydrogen-bond acceptors (Lipinski definition) is 6. The number of nitrogens with zero attached hydrogens (tertiary/aromatic N) is 4. The minimum Gasteiger partial charge on any atom is -0.306 e. The van der Waals surface area contributed by atoms with E-state index < -0.39 is 0 Å². The van der Waals surface area contributed by atoms with Gasteiger partial charge in [-0.1, -0.05) is 0 Å². The van der Waals surface area contributed by atoms with Crippen molar-refractivity contribution in [1.29, 1.82) is 0 Å². The Labute approximate surface area is 168 Å². The minimum absolute atomic E-state index is 0.124. The van der Waals surface area contributed by atoms with Crippen LogP contribution in [0.3, 0.4) is 0 Å². The van der Waals surface area contributed by atoms with Crippen molar-refractivity contribution in [3.8, 4) is 0 Å². The quantitative estimate of drug-likeness (QED) is 0.227. The molecule has 136 valence electrons. The van der Waals surface area contributed by atoms with Crippen LogP contribution in [0.25, 0.3) is 0 Å². The van der Waals surface area contributed by atoms with E-state index in [0.29, 0.717) is 9.76 Å². The van der Waals surface area contributed by atoms with Crippen LogP contribution in [0.5, 0.6) is 0 Å². The second-order valence-corrected chi connectivity index (χ2v) is 7.86. The van der Waals surface area contributed by atoms with E-state index in [1.54, 1.807) is 6.20 Å². The molecule has 2 rings (SSSR count). The molecule has 0 spiro atoms. The van der Waals surface area contributed by atoms with E-state index in [1.165, 1.54) is 19.8 Å². The van der Waals surface area contributed by atoms with Crippen LogP contribution in [-0.2, 0) is 11.2 Å². The van der Waals surface area contributed by atoms with E-state index in [2.05, 4.69) is 37.8 Å². The number of carbonyl (C=O) groups is 1. The van der Waals surface area contributed by atoms with Gasteiger partial charge in [-0.05, 0) is 67.3 Å². The fourth-order valence-corrected chi connectivity index (χ4v) is 3.73. The third-order valence-electron chi connectivity index (χ3n) is 3.93. The monoisotopic (exact) mass is 473 g/mol. The Bertz CT molecular complexity index is 664. The molecule has 0 radical (unpaired) electrons. The highest BCUT2D eigenvalue weighted by Gasteiger charge is 2.20. The molecule has 6 nitrogen and oxygen atoms in total. The molecule has 25 heavy (non-hydrogen) atoms. The standard InChI is InChI=1S/C17H24IN5OS/c1-12-19-6-5-15(21-12)8-14-4-3-7-23(10-14)11-16(25)9-20-17(18)22-13(2)24/h5-6,9,14,25H,3-4,7-8,10-11H2,1-2H3,(H,20,22,24)/b16-9-/t14-/m1/s1. The Hall–Kier alpha value is -1.00. The maximum atomic E-state index is 11.0. The first-order chi connectivity index (χ1) is 11.9. The predicted octanol–water partition coefficient (Wildman–Crippen LogP) is 2.74. The van der Waals surface area contributed by atoms with Gasteiger partial charge in [-0.15, -0.1) is 12.6 Å². The van der Waals surface area contributed by atoms with Crippen LogP contribution in [-0.4, -0.2) is 44.3 Å². The number of aliphatic imine (C=N–C) groups is 1. The van der Waals surface area contributed by atoms with Gasteiger partial charge >= 0.3 is 0 Å². The summed E-state index contributed by atoms with van der Waals surface area (Å²) in [5.74, 6) is 1.31. The summed E-state index contributed by atoms with van der Waals surface area (Å²) in [5.41, 5.74) is 1.12. The van der Waals surface area contributed by atoms with Gasteiger partial charge in [0.25, 0.3) is 0 Å². The summed E-state index contributed by atoms with van der Waals surface area (Å²) in [6.45, 7) is 6.27. The van der Waals surface area contributed by atoms with Gasteiger partial charge in [0, 0.05) is 43.0 Å². The zero-order chi connectivity index (χ0) is 18.2. The first-order valence-electron chi connectivity index (χ1n) is 8.32. The second kappa shape index (κ2) is 10.2. The van der Waals surface area contributed by atoms with Crippen molar-refractivity contribution in [2.75, 3.05) is 19.6 Å². The lowest BCUT2D eigenvalue weighted by molar-refractivity contribution is -0.117. The van der Waals surface area contributed by atoms with E-state index in [-0.39, 0.29) is 5.91 Å². The fourth-order valence-electron chi connectivity index (χ4n) is 2.95. The predicted molar refractivity (Wildman–Crippen MR) is 112 cm³/mol. The summed E-state index contributed by atoms with van der Waals surface area (Å²) < 4.78 is 0.548. The van der Waals surface area contributed by atoms with Crippen molar-refractivity contribution < 1.29 is 4.79 Å². The lowest BCUT2D eigenvalue weighted by Crippen LogP contribution is -2.37. The number of likely N-dealkylation sites (tertiary alicyclic amines) is 1. The third kappa shape index (κ3) is 7.83. The highest BCUT2D eigenvalue weighted by atomic mass is 127. The molecule has 0 bridgehead atoms. The molecule has 1 aromatic heterocycles. The first-order valence-corrected chi connectivity index (χ1v) is 9.84. The van der Waals surface area contributed by atoms with Gasteiger partial charge in [0.1, 0.15) is 5.82 Å². The van der Waals surface area contributed by atoms with E-state index in [0.717, 1.165) is 42.5 Å². The topological polar surface area (TPSA) is 70.5 Å². The number of piperidine rings is 1. The molecule has 0 aromatic carbocycles. The molecular formula is C17H24IN5OS. The van der Waals surface area contributed by atoms with Gasteiger partial charge in [0.2, 0.25) is 5.91 Å². The van der Waals surface area contributed by atoms with E-state index in [9.17, 15) is 4.79 Å². The van der Waals surface area contributed by atoms with Gasteiger partial charge in [0.05, 0.1) is 0 Å². The Morgan fingerprint density at radius 3 is 3.12 bits per heavy atom. The molecule has 0 saturated carbocycles. The fraction of sp³-hybridized carbons (Fsp3) is 0.529. The largest absolute Gasteiger partial charge is 0.306 e. The Morgan fingerprint density at radius 1 is 1.60 bits per heavy atom. The van der Waals surface area contributed by atoms with Crippen molar-refractivity contribution >= 4 is 45.0 Å². The molecule has 1 amide bonds. The Morgan fingerprint density at radius 2 is 2.40 bits per heavy atom. The van der Waals surface area contributed by atoms with Gasteiger partial charge in [0.15, 0.2) is 3.84 Å².